The van der Waals surface area contributed by atoms with Crippen molar-refractivity contribution < 1.29 is 0 Å². The molecule has 6 unspecified atom stereocenters. The second-order valence-corrected chi connectivity index (χ2v) is 8.77. The lowest BCUT2D eigenvalue weighted by molar-refractivity contribution is -0.00936. The third kappa shape index (κ3) is 3.65. The van der Waals surface area contributed by atoms with E-state index in [1.807, 2.05) is 0 Å². The van der Waals surface area contributed by atoms with Gasteiger partial charge in [0.15, 0.2) is 0 Å². The first kappa shape index (κ1) is 18.9. The standard InChI is InChI=1S/C19H38N4/c1-10-14(3)12-20(7)16-13-23-17(19(4,5)6)18(23)22(9)15(11-2)21(16)8/h10,14-18H,1,11-13H2,2-9H3. The minimum Gasteiger partial charge on any atom is -0.289 e. The summed E-state index contributed by atoms with van der Waals surface area (Å²) in [6.07, 6.45) is 4.79. The number of nitrogens with zero attached hydrogens (tertiary/aromatic N) is 4. The second-order valence-electron chi connectivity index (χ2n) is 8.77. The van der Waals surface area contributed by atoms with Gasteiger partial charge in [0.25, 0.3) is 0 Å². The van der Waals surface area contributed by atoms with Crippen LogP contribution in [0, 0.1) is 11.3 Å². The molecule has 2 rings (SSSR count). The SMILES string of the molecule is C=CC(C)CN(C)C1CN2C(C2C(C)(C)C)N(C)C(CC)N1C. The molecular weight excluding hydrogens is 284 g/mol. The van der Waals surface area contributed by atoms with E-state index in [9.17, 15) is 0 Å². The molecule has 6 atom stereocenters. The van der Waals surface area contributed by atoms with Crippen LogP contribution in [0.1, 0.15) is 41.0 Å². The number of hydrogen-bond donors (Lipinski definition) is 0. The molecule has 4 nitrogen and oxygen atoms in total. The number of fused-ring (bicyclic) bond motifs is 1. The van der Waals surface area contributed by atoms with Gasteiger partial charge in [-0.2, -0.15) is 0 Å². The van der Waals surface area contributed by atoms with E-state index >= 15 is 0 Å². The van der Waals surface area contributed by atoms with E-state index < -0.39 is 0 Å². The van der Waals surface area contributed by atoms with Gasteiger partial charge in [0.2, 0.25) is 0 Å². The monoisotopic (exact) mass is 322 g/mol. The molecule has 2 heterocycles. The molecule has 23 heavy (non-hydrogen) atoms. The first-order valence-electron chi connectivity index (χ1n) is 9.15. The maximum atomic E-state index is 3.95. The van der Waals surface area contributed by atoms with Crippen molar-refractivity contribution in [1.29, 1.82) is 0 Å². The highest BCUT2D eigenvalue weighted by atomic mass is 15.6. The van der Waals surface area contributed by atoms with Gasteiger partial charge in [-0.05, 0) is 38.9 Å². The molecule has 0 N–H and O–H groups in total. The van der Waals surface area contributed by atoms with Crippen LogP contribution in [0.5, 0.6) is 0 Å². The van der Waals surface area contributed by atoms with E-state index in [-0.39, 0.29) is 0 Å². The zero-order valence-electron chi connectivity index (χ0n) is 16.6. The summed E-state index contributed by atoms with van der Waals surface area (Å²) in [5, 5.41) is 0. The largest absolute Gasteiger partial charge is 0.289 e. The van der Waals surface area contributed by atoms with Gasteiger partial charge in [0, 0.05) is 19.1 Å². The fourth-order valence-electron chi connectivity index (χ4n) is 4.54. The smallest absolute Gasteiger partial charge is 0.0803 e. The van der Waals surface area contributed by atoms with Gasteiger partial charge in [-0.3, -0.25) is 19.6 Å². The Balaban J connectivity index is 2.21. The summed E-state index contributed by atoms with van der Waals surface area (Å²) < 4.78 is 0. The van der Waals surface area contributed by atoms with Crippen molar-refractivity contribution in [2.75, 3.05) is 34.2 Å². The zero-order chi connectivity index (χ0) is 17.5. The Morgan fingerprint density at radius 3 is 2.35 bits per heavy atom. The molecule has 0 aliphatic carbocycles. The number of likely N-dealkylation sites (N-methyl/N-ethyl adjacent to an activating group) is 3. The molecule has 0 aromatic carbocycles. The molecule has 2 aliphatic heterocycles. The normalized spacial score (nSPS) is 37.3. The minimum absolute atomic E-state index is 0.338. The highest BCUT2D eigenvalue weighted by molar-refractivity contribution is 5.10. The lowest BCUT2D eigenvalue weighted by atomic mass is 9.91. The molecule has 2 fully saturated rings. The predicted molar refractivity (Wildman–Crippen MR) is 99.1 cm³/mol. The molecule has 2 aliphatic rings. The number of hydrogen-bond acceptors (Lipinski definition) is 4. The van der Waals surface area contributed by atoms with Crippen LogP contribution >= 0.6 is 0 Å². The summed E-state index contributed by atoms with van der Waals surface area (Å²) in [6, 6.07) is 0.669. The molecule has 0 aromatic rings. The third-order valence-electron chi connectivity index (χ3n) is 5.83. The van der Waals surface area contributed by atoms with Crippen LogP contribution in [0.4, 0.5) is 0 Å². The van der Waals surface area contributed by atoms with Gasteiger partial charge in [0.1, 0.15) is 0 Å². The quantitative estimate of drug-likeness (QED) is 0.570. The molecule has 2 saturated heterocycles. The van der Waals surface area contributed by atoms with Crippen LogP contribution in [0.2, 0.25) is 0 Å². The Kier molecular flexibility index (Phi) is 5.62. The van der Waals surface area contributed by atoms with E-state index in [0.29, 0.717) is 35.9 Å². The van der Waals surface area contributed by atoms with Crippen LogP contribution in [0.3, 0.4) is 0 Å². The van der Waals surface area contributed by atoms with E-state index in [0.717, 1.165) is 19.5 Å². The molecule has 4 heteroatoms. The molecule has 134 valence electrons. The Bertz CT molecular complexity index is 416. The Morgan fingerprint density at radius 1 is 1.26 bits per heavy atom. The van der Waals surface area contributed by atoms with E-state index in [2.05, 4.69) is 88.0 Å². The molecule has 0 aromatic heterocycles. The fraction of sp³-hybridized carbons (Fsp3) is 0.895. The minimum atomic E-state index is 0.338. The molecule has 0 bridgehead atoms. The van der Waals surface area contributed by atoms with E-state index in [4.69, 9.17) is 0 Å². The Labute approximate surface area is 144 Å². The van der Waals surface area contributed by atoms with Gasteiger partial charge in [-0.15, -0.1) is 6.58 Å². The summed E-state index contributed by atoms with van der Waals surface area (Å²) in [4.78, 5) is 10.4. The van der Waals surface area contributed by atoms with Crippen LogP contribution in [-0.4, -0.2) is 78.4 Å². The Morgan fingerprint density at radius 2 is 1.87 bits per heavy atom. The average Bonchev–Trinajstić information content (AvgIpc) is 3.19. The maximum Gasteiger partial charge on any atom is 0.0803 e. The third-order valence-corrected chi connectivity index (χ3v) is 5.83. The van der Waals surface area contributed by atoms with E-state index in [1.54, 1.807) is 0 Å². The van der Waals surface area contributed by atoms with Gasteiger partial charge < -0.3 is 0 Å². The lowest BCUT2D eigenvalue weighted by Gasteiger charge is -2.42. The molecule has 0 radical (unpaired) electrons. The van der Waals surface area contributed by atoms with Crippen molar-refractivity contribution in [3.63, 3.8) is 0 Å². The van der Waals surface area contributed by atoms with Crippen LogP contribution in [-0.2, 0) is 0 Å². The highest BCUT2D eigenvalue weighted by Crippen LogP contribution is 2.46. The zero-order valence-corrected chi connectivity index (χ0v) is 16.6. The van der Waals surface area contributed by atoms with Gasteiger partial charge in [-0.1, -0.05) is 40.7 Å². The summed E-state index contributed by atoms with van der Waals surface area (Å²) in [6.45, 7) is 17.8. The predicted octanol–water partition coefficient (Wildman–Crippen LogP) is 2.74. The summed E-state index contributed by atoms with van der Waals surface area (Å²) in [7, 11) is 6.87. The summed E-state index contributed by atoms with van der Waals surface area (Å²) >= 11 is 0. The van der Waals surface area contributed by atoms with E-state index in [1.165, 1.54) is 0 Å². The number of rotatable bonds is 5. The first-order chi connectivity index (χ1) is 10.6. The topological polar surface area (TPSA) is 12.7 Å². The summed E-state index contributed by atoms with van der Waals surface area (Å²) in [5.74, 6) is 0.526. The molecule has 0 amide bonds. The van der Waals surface area contributed by atoms with Gasteiger partial charge in [-0.25, -0.2) is 0 Å². The second kappa shape index (κ2) is 6.83. The van der Waals surface area contributed by atoms with Crippen LogP contribution < -0.4 is 0 Å². The van der Waals surface area contributed by atoms with Gasteiger partial charge in [0.05, 0.1) is 18.5 Å². The molecule has 0 saturated carbocycles. The average molecular weight is 323 g/mol. The maximum absolute atomic E-state index is 3.95. The van der Waals surface area contributed by atoms with Gasteiger partial charge >= 0.3 is 0 Å². The van der Waals surface area contributed by atoms with Crippen molar-refractivity contribution in [1.82, 2.24) is 19.6 Å². The first-order valence-corrected chi connectivity index (χ1v) is 9.15. The van der Waals surface area contributed by atoms with Crippen molar-refractivity contribution in [2.45, 2.75) is 65.6 Å². The Hall–Kier alpha value is -0.420. The van der Waals surface area contributed by atoms with Crippen molar-refractivity contribution in [2.24, 2.45) is 11.3 Å². The molecular formula is C19H38N4. The summed E-state index contributed by atoms with van der Waals surface area (Å²) in [5.41, 5.74) is 0.338. The van der Waals surface area contributed by atoms with Crippen molar-refractivity contribution in [3.05, 3.63) is 12.7 Å². The highest BCUT2D eigenvalue weighted by Gasteiger charge is 2.59. The molecule has 0 spiro atoms. The van der Waals surface area contributed by atoms with Crippen molar-refractivity contribution in [3.8, 4) is 0 Å². The van der Waals surface area contributed by atoms with Crippen LogP contribution in [0.25, 0.3) is 0 Å². The van der Waals surface area contributed by atoms with Crippen molar-refractivity contribution >= 4 is 0 Å². The van der Waals surface area contributed by atoms with Crippen LogP contribution in [0.15, 0.2) is 12.7 Å². The fourth-order valence-corrected chi connectivity index (χ4v) is 4.54. The lowest BCUT2D eigenvalue weighted by Crippen LogP contribution is -2.56.